The van der Waals surface area contributed by atoms with Gasteiger partial charge >= 0.3 is 0 Å². The van der Waals surface area contributed by atoms with Gasteiger partial charge in [-0.1, -0.05) is 84.6 Å². The zero-order chi connectivity index (χ0) is 31.0. The van der Waals surface area contributed by atoms with Crippen molar-refractivity contribution in [1.29, 1.82) is 0 Å². The molecule has 0 aliphatic carbocycles. The van der Waals surface area contributed by atoms with Crippen LogP contribution >= 0.6 is 0 Å². The molecule has 4 amide bonds. The number of ether oxygens (including phenoxy) is 1. The van der Waals surface area contributed by atoms with Gasteiger partial charge in [0.1, 0.15) is 5.75 Å². The molecule has 0 fully saturated rings. The zero-order valence-electron chi connectivity index (χ0n) is 26.2. The number of nitrogens with one attached hydrogen (secondary N) is 3. The Morgan fingerprint density at radius 3 is 2.12 bits per heavy atom. The molecule has 0 saturated carbocycles. The number of carbonyl (C=O) groups excluding carboxylic acids is 4. The van der Waals surface area contributed by atoms with Crippen molar-refractivity contribution in [2.45, 2.75) is 111 Å². The normalized spacial score (nSPS) is 10.8. The van der Waals surface area contributed by atoms with Crippen LogP contribution in [0.4, 0.5) is 5.69 Å². The number of anilines is 1. The fourth-order valence-corrected chi connectivity index (χ4v) is 4.33. The van der Waals surface area contributed by atoms with E-state index in [1.54, 1.807) is 6.07 Å². The molecule has 0 aliphatic heterocycles. The van der Waals surface area contributed by atoms with Crippen molar-refractivity contribution in [3.8, 4) is 5.75 Å². The van der Waals surface area contributed by atoms with Gasteiger partial charge in [-0.05, 0) is 30.9 Å². The molecule has 0 aromatic heterocycles. The average molecular weight is 590 g/mol. The third kappa shape index (κ3) is 19.7. The highest BCUT2D eigenvalue weighted by Crippen LogP contribution is 2.19. The summed E-state index contributed by atoms with van der Waals surface area (Å²) in [5, 5.41) is 6.99. The molecule has 238 valence electrons. The second kappa shape index (κ2) is 23.3. The monoisotopic (exact) mass is 589 g/mol. The van der Waals surface area contributed by atoms with Crippen molar-refractivity contribution in [1.82, 2.24) is 15.6 Å². The molecule has 0 spiro atoms. The molecule has 5 N–H and O–H groups in total. The Kier molecular flexibility index (Phi) is 20.4. The van der Waals surface area contributed by atoms with Crippen LogP contribution in [-0.4, -0.2) is 54.9 Å². The molecule has 0 atom stereocenters. The summed E-state index contributed by atoms with van der Waals surface area (Å²) in [4.78, 5) is 47.6. The van der Waals surface area contributed by atoms with Gasteiger partial charge in [-0.3, -0.25) is 29.6 Å². The first kappa shape index (κ1) is 36.7. The summed E-state index contributed by atoms with van der Waals surface area (Å²) in [6, 6.07) is 7.25. The maximum atomic E-state index is 12.8. The Morgan fingerprint density at radius 1 is 0.833 bits per heavy atom. The van der Waals surface area contributed by atoms with Crippen molar-refractivity contribution in [3.05, 3.63) is 24.3 Å². The second-order valence-electron chi connectivity index (χ2n) is 11.3. The highest BCUT2D eigenvalue weighted by molar-refractivity contribution is 5.87. The Balaban J connectivity index is 2.30. The number of primary amides is 1. The number of benzene rings is 1. The molecule has 1 aromatic carbocycles. The highest BCUT2D eigenvalue weighted by atomic mass is 16.5. The van der Waals surface area contributed by atoms with Crippen LogP contribution < -0.4 is 26.5 Å². The predicted molar refractivity (Wildman–Crippen MR) is 168 cm³/mol. The maximum absolute atomic E-state index is 12.8. The smallest absolute Gasteiger partial charge is 0.260 e. The van der Waals surface area contributed by atoms with E-state index in [1.807, 2.05) is 32.0 Å². The summed E-state index contributed by atoms with van der Waals surface area (Å²) < 4.78 is 5.84. The van der Waals surface area contributed by atoms with Gasteiger partial charge in [0.2, 0.25) is 17.7 Å². The third-order valence-electron chi connectivity index (χ3n) is 6.65. The molecule has 0 bridgehead atoms. The van der Waals surface area contributed by atoms with Gasteiger partial charge < -0.3 is 21.1 Å². The van der Waals surface area contributed by atoms with E-state index in [0.29, 0.717) is 37.4 Å². The predicted octanol–water partition coefficient (Wildman–Crippen LogP) is 5.08. The highest BCUT2D eigenvalue weighted by Gasteiger charge is 2.17. The van der Waals surface area contributed by atoms with Crippen LogP contribution in [0.3, 0.4) is 0 Å². The summed E-state index contributed by atoms with van der Waals surface area (Å²) >= 11 is 0. The van der Waals surface area contributed by atoms with Crippen LogP contribution in [0.5, 0.6) is 5.75 Å². The van der Waals surface area contributed by atoms with E-state index in [1.165, 1.54) is 56.4 Å². The largest absolute Gasteiger partial charge is 0.494 e. The molecule has 1 aromatic rings. The van der Waals surface area contributed by atoms with Gasteiger partial charge in [-0.25, -0.2) is 0 Å². The first-order valence-electron chi connectivity index (χ1n) is 15.8. The third-order valence-corrected chi connectivity index (χ3v) is 6.65. The number of carbonyl (C=O) groups is 4. The molecule has 0 aliphatic rings. The van der Waals surface area contributed by atoms with Crippen LogP contribution in [0.2, 0.25) is 0 Å². The maximum Gasteiger partial charge on any atom is 0.260 e. The second-order valence-corrected chi connectivity index (χ2v) is 11.3. The average Bonchev–Trinajstić information content (AvgIpc) is 2.95. The molecule has 0 saturated heterocycles. The number of amides is 4. The minimum atomic E-state index is -0.565. The fraction of sp³-hybridized carbons (Fsp3) is 0.688. The first-order chi connectivity index (χ1) is 20.2. The van der Waals surface area contributed by atoms with Gasteiger partial charge in [0.15, 0.2) is 0 Å². The van der Waals surface area contributed by atoms with Crippen LogP contribution in [0.1, 0.15) is 111 Å². The minimum absolute atomic E-state index is 0.0505. The van der Waals surface area contributed by atoms with Crippen molar-refractivity contribution < 1.29 is 23.9 Å². The van der Waals surface area contributed by atoms with Gasteiger partial charge in [-0.2, -0.15) is 0 Å². The lowest BCUT2D eigenvalue weighted by Gasteiger charge is -2.26. The molecular weight excluding hydrogens is 534 g/mol. The van der Waals surface area contributed by atoms with Crippen LogP contribution in [0.25, 0.3) is 0 Å². The van der Waals surface area contributed by atoms with Crippen molar-refractivity contribution >= 4 is 29.3 Å². The summed E-state index contributed by atoms with van der Waals surface area (Å²) in [7, 11) is 0. The lowest BCUT2D eigenvalue weighted by molar-refractivity contribution is -0.132. The van der Waals surface area contributed by atoms with E-state index < -0.39 is 11.8 Å². The molecular formula is C32H55N5O5. The Bertz CT molecular complexity index is 924. The van der Waals surface area contributed by atoms with Gasteiger partial charge in [0, 0.05) is 38.4 Å². The summed E-state index contributed by atoms with van der Waals surface area (Å²) in [5.74, 6) is -0.426. The molecule has 1 rings (SSSR count). The lowest BCUT2D eigenvalue weighted by atomic mass is 10.1. The Morgan fingerprint density at radius 2 is 1.48 bits per heavy atom. The zero-order valence-corrected chi connectivity index (χ0v) is 26.2. The lowest BCUT2D eigenvalue weighted by Crippen LogP contribution is -2.44. The number of unbranched alkanes of at least 4 members (excludes halogenated alkanes) is 9. The molecule has 0 heterocycles. The van der Waals surface area contributed by atoms with Crippen LogP contribution in [-0.2, 0) is 19.2 Å². The van der Waals surface area contributed by atoms with Crippen LogP contribution in [0.15, 0.2) is 24.3 Å². The molecule has 0 unspecified atom stereocenters. The van der Waals surface area contributed by atoms with Gasteiger partial charge in [0.25, 0.3) is 5.91 Å². The quantitative estimate of drug-likeness (QED) is 0.0926. The van der Waals surface area contributed by atoms with Gasteiger partial charge in [-0.15, -0.1) is 0 Å². The first-order valence-corrected chi connectivity index (χ1v) is 15.8. The Labute approximate surface area is 252 Å². The number of hydrogen-bond donors (Lipinski definition) is 4. The number of nitrogens with two attached hydrogens (primary N) is 1. The van der Waals surface area contributed by atoms with E-state index >= 15 is 0 Å². The van der Waals surface area contributed by atoms with Crippen molar-refractivity contribution in [2.75, 3.05) is 31.7 Å². The molecule has 10 nitrogen and oxygen atoms in total. The Hall–Kier alpha value is -3.30. The molecule has 42 heavy (non-hydrogen) atoms. The number of hydrogen-bond acceptors (Lipinski definition) is 6. The van der Waals surface area contributed by atoms with Crippen LogP contribution in [0, 0.1) is 5.92 Å². The summed E-state index contributed by atoms with van der Waals surface area (Å²) in [5.41, 5.74) is 8.83. The topological polar surface area (TPSA) is 143 Å². The molecule has 0 radical (unpaired) electrons. The minimum Gasteiger partial charge on any atom is -0.494 e. The van der Waals surface area contributed by atoms with E-state index in [2.05, 4.69) is 23.0 Å². The number of rotatable bonds is 25. The van der Waals surface area contributed by atoms with E-state index in [-0.39, 0.29) is 37.1 Å². The summed E-state index contributed by atoms with van der Waals surface area (Å²) in [6.45, 7) is 7.58. The van der Waals surface area contributed by atoms with E-state index in [4.69, 9.17) is 10.5 Å². The number of hydrazine groups is 1. The van der Waals surface area contributed by atoms with E-state index in [9.17, 15) is 19.2 Å². The van der Waals surface area contributed by atoms with Gasteiger partial charge in [0.05, 0.1) is 18.8 Å². The van der Waals surface area contributed by atoms with Crippen molar-refractivity contribution in [3.63, 3.8) is 0 Å². The fourth-order valence-electron chi connectivity index (χ4n) is 4.33. The van der Waals surface area contributed by atoms with E-state index in [0.717, 1.165) is 19.4 Å². The number of nitrogens with zero attached hydrogens (tertiary/aromatic N) is 1. The summed E-state index contributed by atoms with van der Waals surface area (Å²) in [6.07, 6.45) is 13.7. The SMILES string of the molecule is CCCCCCCCCCCCNC(=O)CCCOc1cccc(NN(CC(C)C)C(=O)CNC(=O)CCC(N)=O)c1. The molecule has 10 heteroatoms. The van der Waals surface area contributed by atoms with Crippen molar-refractivity contribution in [2.24, 2.45) is 11.7 Å². The standard InChI is InChI=1S/C32H55N5O5/c1-4-5-6-7-8-9-10-11-12-13-21-34-30(39)18-15-22-42-28-17-14-16-27(23-28)36-37(25-26(2)3)32(41)24-35-31(40)20-19-29(33)38/h14,16-17,23,26,36H,4-13,15,18-22,24-25H2,1-3H3,(H2,33,38)(H,34,39)(H,35,40).